The molecule has 0 atom stereocenters. The molecule has 0 saturated carbocycles. The SMILES string of the molecule is CN(C)S(=O)(=O)c1ccc2c(c1)CCN2C(=O)CCn1c(=O)oc2cc(Cl)ccc21. The van der Waals surface area contributed by atoms with E-state index in [-0.39, 0.29) is 23.8 Å². The third kappa shape index (κ3) is 3.53. The molecule has 1 aromatic heterocycles. The van der Waals surface area contributed by atoms with Crippen LogP contribution in [0, 0.1) is 0 Å². The molecule has 0 saturated heterocycles. The van der Waals surface area contributed by atoms with Crippen LogP contribution in [-0.2, 0) is 27.8 Å². The maximum Gasteiger partial charge on any atom is 0.419 e. The topological polar surface area (TPSA) is 92.8 Å². The number of fused-ring (bicyclic) bond motifs is 2. The van der Waals surface area contributed by atoms with Crippen LogP contribution >= 0.6 is 11.6 Å². The Kier molecular flexibility index (Phi) is 5.21. The van der Waals surface area contributed by atoms with Gasteiger partial charge in [0.1, 0.15) is 0 Å². The maximum atomic E-state index is 12.8. The third-order valence-electron chi connectivity index (χ3n) is 5.21. The Morgan fingerprint density at radius 2 is 1.97 bits per heavy atom. The first-order valence-electron chi connectivity index (χ1n) is 9.33. The van der Waals surface area contributed by atoms with Gasteiger partial charge in [-0.3, -0.25) is 9.36 Å². The fraction of sp³-hybridized carbons (Fsp3) is 0.300. The molecule has 0 radical (unpaired) electrons. The molecule has 1 aliphatic rings. The third-order valence-corrected chi connectivity index (χ3v) is 7.25. The van der Waals surface area contributed by atoms with Gasteiger partial charge in [-0.05, 0) is 42.3 Å². The zero-order chi connectivity index (χ0) is 21.6. The fourth-order valence-corrected chi connectivity index (χ4v) is 4.72. The van der Waals surface area contributed by atoms with Crippen LogP contribution in [-0.4, -0.2) is 43.8 Å². The minimum Gasteiger partial charge on any atom is -0.408 e. The van der Waals surface area contributed by atoms with E-state index in [1.807, 2.05) is 0 Å². The van der Waals surface area contributed by atoms with Crippen molar-refractivity contribution in [3.05, 3.63) is 57.5 Å². The Hall–Kier alpha value is -2.62. The predicted molar refractivity (Wildman–Crippen MR) is 113 cm³/mol. The number of hydrogen-bond acceptors (Lipinski definition) is 5. The molecule has 2 aromatic carbocycles. The van der Waals surface area contributed by atoms with Crippen molar-refractivity contribution in [1.29, 1.82) is 0 Å². The zero-order valence-corrected chi connectivity index (χ0v) is 18.0. The van der Waals surface area contributed by atoms with Crippen LogP contribution in [0.15, 0.2) is 50.5 Å². The van der Waals surface area contributed by atoms with Crippen LogP contribution in [0.3, 0.4) is 0 Å². The Morgan fingerprint density at radius 1 is 1.20 bits per heavy atom. The molecule has 0 N–H and O–H groups in total. The number of halogens is 1. The monoisotopic (exact) mass is 449 g/mol. The number of benzene rings is 2. The molecule has 1 amide bonds. The van der Waals surface area contributed by atoms with Gasteiger partial charge in [-0.1, -0.05) is 11.6 Å². The number of aromatic nitrogens is 1. The number of carbonyl (C=O) groups excluding carboxylic acids is 1. The number of oxazole rings is 1. The summed E-state index contributed by atoms with van der Waals surface area (Å²) in [6, 6.07) is 9.70. The second kappa shape index (κ2) is 7.57. The lowest BCUT2D eigenvalue weighted by molar-refractivity contribution is -0.118. The number of hydrogen-bond donors (Lipinski definition) is 0. The molecule has 158 valence electrons. The van der Waals surface area contributed by atoms with Crippen LogP contribution in [0.25, 0.3) is 11.1 Å². The molecule has 8 nitrogen and oxygen atoms in total. The summed E-state index contributed by atoms with van der Waals surface area (Å²) in [5, 5.41) is 0.462. The molecule has 0 bridgehead atoms. The highest BCUT2D eigenvalue weighted by Crippen LogP contribution is 2.31. The van der Waals surface area contributed by atoms with Crippen LogP contribution < -0.4 is 10.7 Å². The highest BCUT2D eigenvalue weighted by atomic mass is 35.5. The summed E-state index contributed by atoms with van der Waals surface area (Å²) >= 11 is 5.93. The van der Waals surface area contributed by atoms with Crippen molar-refractivity contribution in [2.45, 2.75) is 24.3 Å². The first-order valence-corrected chi connectivity index (χ1v) is 11.1. The fourth-order valence-electron chi connectivity index (χ4n) is 3.60. The minimum absolute atomic E-state index is 0.106. The summed E-state index contributed by atoms with van der Waals surface area (Å²) in [5.74, 6) is -0.687. The van der Waals surface area contributed by atoms with Crippen LogP contribution in [0.4, 0.5) is 5.69 Å². The first kappa shape index (κ1) is 20.6. The Bertz CT molecular complexity index is 1310. The molecule has 2 heterocycles. The number of nitrogens with zero attached hydrogens (tertiary/aromatic N) is 3. The van der Waals surface area contributed by atoms with Crippen LogP contribution in [0.2, 0.25) is 5.02 Å². The van der Waals surface area contributed by atoms with Gasteiger partial charge in [0, 0.05) is 50.4 Å². The molecule has 4 rings (SSSR count). The van der Waals surface area contributed by atoms with Gasteiger partial charge in [-0.25, -0.2) is 17.5 Å². The van der Waals surface area contributed by atoms with Crippen molar-refractivity contribution >= 4 is 44.3 Å². The molecule has 1 aliphatic heterocycles. The number of rotatable bonds is 5. The smallest absolute Gasteiger partial charge is 0.408 e. The van der Waals surface area contributed by atoms with Crippen molar-refractivity contribution in [2.75, 3.05) is 25.5 Å². The lowest BCUT2D eigenvalue weighted by Crippen LogP contribution is -2.30. The van der Waals surface area contributed by atoms with E-state index in [9.17, 15) is 18.0 Å². The van der Waals surface area contributed by atoms with Crippen LogP contribution in [0.1, 0.15) is 12.0 Å². The summed E-state index contributed by atoms with van der Waals surface area (Å²) in [6.45, 7) is 0.640. The number of sulfonamides is 1. The van der Waals surface area contributed by atoms with Crippen molar-refractivity contribution < 1.29 is 17.6 Å². The van der Waals surface area contributed by atoms with E-state index in [1.54, 1.807) is 35.2 Å². The number of amides is 1. The predicted octanol–water partition coefficient (Wildman–Crippen LogP) is 2.48. The van der Waals surface area contributed by atoms with Gasteiger partial charge in [0.25, 0.3) is 0 Å². The molecule has 0 unspecified atom stereocenters. The average molecular weight is 450 g/mol. The first-order chi connectivity index (χ1) is 14.2. The normalized spacial score (nSPS) is 13.9. The number of aryl methyl sites for hydroxylation is 1. The van der Waals surface area contributed by atoms with Crippen LogP contribution in [0.5, 0.6) is 0 Å². The molecule has 3 aromatic rings. The van der Waals surface area contributed by atoms with E-state index >= 15 is 0 Å². The van der Waals surface area contributed by atoms with Gasteiger partial charge in [-0.2, -0.15) is 0 Å². The maximum absolute atomic E-state index is 12.8. The van der Waals surface area contributed by atoms with Gasteiger partial charge in [-0.15, -0.1) is 0 Å². The molecular formula is C20H20ClN3O5S. The lowest BCUT2D eigenvalue weighted by Gasteiger charge is -2.18. The summed E-state index contributed by atoms with van der Waals surface area (Å²) in [5.41, 5.74) is 2.47. The second-order valence-electron chi connectivity index (χ2n) is 7.25. The van der Waals surface area contributed by atoms with E-state index in [2.05, 4.69) is 0 Å². The van der Waals surface area contributed by atoms with E-state index < -0.39 is 15.8 Å². The van der Waals surface area contributed by atoms with Crippen molar-refractivity contribution in [3.8, 4) is 0 Å². The van der Waals surface area contributed by atoms with E-state index in [4.69, 9.17) is 16.0 Å². The highest BCUT2D eigenvalue weighted by Gasteiger charge is 2.27. The largest absolute Gasteiger partial charge is 0.419 e. The number of anilines is 1. The molecule has 10 heteroatoms. The van der Waals surface area contributed by atoms with Gasteiger partial charge >= 0.3 is 5.76 Å². The highest BCUT2D eigenvalue weighted by molar-refractivity contribution is 7.89. The van der Waals surface area contributed by atoms with Gasteiger partial charge in [0.15, 0.2) is 5.58 Å². The van der Waals surface area contributed by atoms with Crippen molar-refractivity contribution in [3.63, 3.8) is 0 Å². The second-order valence-corrected chi connectivity index (χ2v) is 9.84. The Labute approximate surface area is 178 Å². The molecule has 0 fully saturated rings. The standard InChI is InChI=1S/C20H20ClN3O5S/c1-22(2)30(27,28)15-4-6-16-13(11-15)7-9-23(16)19(25)8-10-24-17-5-3-14(21)12-18(17)29-20(24)26/h3-6,11-12H,7-10H2,1-2H3. The van der Waals surface area contributed by atoms with E-state index in [1.165, 1.54) is 24.7 Å². The Balaban J connectivity index is 1.53. The van der Waals surface area contributed by atoms with E-state index in [0.717, 1.165) is 9.87 Å². The van der Waals surface area contributed by atoms with Gasteiger partial charge < -0.3 is 9.32 Å². The minimum atomic E-state index is -3.53. The lowest BCUT2D eigenvalue weighted by atomic mass is 10.2. The summed E-state index contributed by atoms with van der Waals surface area (Å²) < 4.78 is 32.4. The van der Waals surface area contributed by atoms with E-state index in [0.29, 0.717) is 34.8 Å². The number of carbonyl (C=O) groups is 1. The van der Waals surface area contributed by atoms with Crippen molar-refractivity contribution in [1.82, 2.24) is 8.87 Å². The zero-order valence-electron chi connectivity index (χ0n) is 16.5. The molecule has 30 heavy (non-hydrogen) atoms. The summed E-state index contributed by atoms with van der Waals surface area (Å²) in [7, 11) is -0.573. The summed E-state index contributed by atoms with van der Waals surface area (Å²) in [6.07, 6.45) is 0.680. The molecule has 0 spiro atoms. The summed E-state index contributed by atoms with van der Waals surface area (Å²) in [4.78, 5) is 26.8. The van der Waals surface area contributed by atoms with Crippen molar-refractivity contribution in [2.24, 2.45) is 0 Å². The molecule has 0 aliphatic carbocycles. The average Bonchev–Trinajstić information content (AvgIpc) is 3.25. The Morgan fingerprint density at radius 3 is 2.70 bits per heavy atom. The quantitative estimate of drug-likeness (QED) is 0.596. The van der Waals surface area contributed by atoms with Gasteiger partial charge in [0.2, 0.25) is 15.9 Å². The van der Waals surface area contributed by atoms with Gasteiger partial charge in [0.05, 0.1) is 10.4 Å². The molecular weight excluding hydrogens is 430 g/mol.